The number of aromatic nitrogens is 3. The molecule has 0 bridgehead atoms. The third-order valence-electron chi connectivity index (χ3n) is 8.69. The van der Waals surface area contributed by atoms with Gasteiger partial charge in [0.1, 0.15) is 11.3 Å². The van der Waals surface area contributed by atoms with Crippen LogP contribution in [-0.2, 0) is 0 Å². The maximum Gasteiger partial charge on any atom is 0.166 e. The highest BCUT2D eigenvalue weighted by Crippen LogP contribution is 2.47. The molecule has 0 aliphatic carbocycles. The summed E-state index contributed by atoms with van der Waals surface area (Å²) in [5.41, 5.74) is 7.09. The second-order valence-electron chi connectivity index (χ2n) is 11.7. The van der Waals surface area contributed by atoms with E-state index < -0.39 is 0 Å². The van der Waals surface area contributed by atoms with E-state index in [1.807, 2.05) is 60.7 Å². The summed E-state index contributed by atoms with van der Waals surface area (Å²) in [6.07, 6.45) is 0. The van der Waals surface area contributed by atoms with Crippen LogP contribution in [0.5, 0.6) is 0 Å². The zero-order chi connectivity index (χ0) is 31.9. The molecule has 0 saturated heterocycles. The van der Waals surface area contributed by atoms with Crippen molar-refractivity contribution in [1.29, 1.82) is 0 Å². The molecule has 0 N–H and O–H groups in total. The lowest BCUT2D eigenvalue weighted by molar-refractivity contribution is 0.669. The van der Waals surface area contributed by atoms with Crippen molar-refractivity contribution < 1.29 is 4.42 Å². The molecule has 0 fully saturated rings. The molecule has 5 nitrogen and oxygen atoms in total. The van der Waals surface area contributed by atoms with Crippen molar-refractivity contribution in [3.8, 4) is 34.2 Å². The van der Waals surface area contributed by atoms with Gasteiger partial charge in [0.05, 0.1) is 0 Å². The van der Waals surface area contributed by atoms with E-state index in [1.165, 1.54) is 0 Å². The molecule has 226 valence electrons. The van der Waals surface area contributed by atoms with Crippen LogP contribution in [0.15, 0.2) is 174 Å². The molecule has 0 aliphatic rings. The first-order chi connectivity index (χ1) is 23.8. The molecule has 0 aliphatic heterocycles. The summed E-state index contributed by atoms with van der Waals surface area (Å²) in [5, 5.41) is 4.37. The summed E-state index contributed by atoms with van der Waals surface area (Å²) >= 11 is 0. The predicted molar refractivity (Wildman–Crippen MR) is 196 cm³/mol. The van der Waals surface area contributed by atoms with Gasteiger partial charge in [-0.15, -0.1) is 0 Å². The van der Waals surface area contributed by atoms with Gasteiger partial charge in [0.15, 0.2) is 23.1 Å². The Kier molecular flexibility index (Phi) is 6.72. The van der Waals surface area contributed by atoms with E-state index in [0.29, 0.717) is 17.5 Å². The summed E-state index contributed by atoms with van der Waals surface area (Å²) < 4.78 is 6.73. The molecule has 0 radical (unpaired) electrons. The fraction of sp³-hybridized carbons (Fsp3) is 0. The number of hydrogen-bond donors (Lipinski definition) is 0. The number of anilines is 3. The summed E-state index contributed by atoms with van der Waals surface area (Å²) in [6, 6.07) is 57.9. The second-order valence-corrected chi connectivity index (χ2v) is 11.7. The smallest absolute Gasteiger partial charge is 0.166 e. The Bertz CT molecular complexity index is 2520. The molecule has 0 saturated carbocycles. The topological polar surface area (TPSA) is 55.1 Å². The molecule has 0 amide bonds. The molecule has 0 unspecified atom stereocenters. The lowest BCUT2D eigenvalue weighted by atomic mass is 10.0. The number of rotatable bonds is 6. The van der Waals surface area contributed by atoms with E-state index >= 15 is 0 Å². The molecule has 2 aromatic heterocycles. The highest BCUT2D eigenvalue weighted by atomic mass is 16.3. The summed E-state index contributed by atoms with van der Waals surface area (Å²) in [5.74, 6) is 1.76. The highest BCUT2D eigenvalue weighted by molar-refractivity contribution is 6.13. The van der Waals surface area contributed by atoms with Gasteiger partial charge < -0.3 is 9.32 Å². The lowest BCUT2D eigenvalue weighted by Crippen LogP contribution is -2.12. The van der Waals surface area contributed by atoms with Gasteiger partial charge >= 0.3 is 0 Å². The minimum absolute atomic E-state index is 0.557. The Balaban J connectivity index is 1.37. The minimum atomic E-state index is 0.557. The molecular formula is C43H28N4O. The zero-order valence-corrected chi connectivity index (χ0v) is 25.9. The number of nitrogens with zero attached hydrogens (tertiary/aromatic N) is 4. The minimum Gasteiger partial charge on any atom is -0.454 e. The first-order valence-electron chi connectivity index (χ1n) is 16.0. The number of hydrogen-bond acceptors (Lipinski definition) is 5. The molecule has 7 aromatic carbocycles. The summed E-state index contributed by atoms with van der Waals surface area (Å²) in [4.78, 5) is 17.6. The molecule has 2 heterocycles. The molecule has 9 rings (SSSR count). The van der Waals surface area contributed by atoms with Gasteiger partial charge in [-0.25, -0.2) is 15.0 Å². The van der Waals surface area contributed by atoms with E-state index in [0.717, 1.165) is 66.5 Å². The first kappa shape index (κ1) is 27.7. The van der Waals surface area contributed by atoms with Crippen LogP contribution in [-0.4, -0.2) is 15.0 Å². The molecule has 9 aromatic rings. The molecule has 0 atom stereocenters. The van der Waals surface area contributed by atoms with Gasteiger partial charge in [-0.2, -0.15) is 0 Å². The fourth-order valence-electron chi connectivity index (χ4n) is 6.41. The van der Waals surface area contributed by atoms with Gasteiger partial charge in [-0.05, 0) is 59.3 Å². The van der Waals surface area contributed by atoms with Crippen molar-refractivity contribution >= 4 is 49.8 Å². The Morgan fingerprint density at radius 2 is 1.00 bits per heavy atom. The van der Waals surface area contributed by atoms with Crippen molar-refractivity contribution in [3.63, 3.8) is 0 Å². The van der Waals surface area contributed by atoms with Gasteiger partial charge in [0, 0.05) is 38.8 Å². The van der Waals surface area contributed by atoms with Crippen molar-refractivity contribution in [2.24, 2.45) is 0 Å². The quantitative estimate of drug-likeness (QED) is 0.186. The standard InChI is InChI=1S/C43H28N4O/c1-4-15-30(16-5-1)41-44-42(32-25-24-29-14-10-11-17-31(29)28-32)46-43(45-41)37-27-26-36-35-22-12-13-23-38(35)48-40(36)39(37)47(33-18-6-2-7-19-33)34-20-8-3-9-21-34/h1-28H. The number of fused-ring (bicyclic) bond motifs is 4. The van der Waals surface area contributed by atoms with Crippen LogP contribution >= 0.6 is 0 Å². The Labute approximate surface area is 277 Å². The van der Waals surface area contributed by atoms with Gasteiger partial charge in [-0.3, -0.25) is 0 Å². The number of para-hydroxylation sites is 3. The van der Waals surface area contributed by atoms with Crippen LogP contribution in [0.1, 0.15) is 0 Å². The average Bonchev–Trinajstić information content (AvgIpc) is 3.55. The van der Waals surface area contributed by atoms with Crippen molar-refractivity contribution in [1.82, 2.24) is 15.0 Å². The fourth-order valence-corrected chi connectivity index (χ4v) is 6.41. The second kappa shape index (κ2) is 11.6. The van der Waals surface area contributed by atoms with E-state index in [-0.39, 0.29) is 0 Å². The number of furan rings is 1. The third kappa shape index (κ3) is 4.86. The predicted octanol–water partition coefficient (Wildman–Crippen LogP) is 11.4. The molecule has 48 heavy (non-hydrogen) atoms. The van der Waals surface area contributed by atoms with Crippen LogP contribution in [0.25, 0.3) is 66.9 Å². The lowest BCUT2D eigenvalue weighted by Gasteiger charge is -2.27. The SMILES string of the molecule is c1ccc(-c2nc(-c3ccc4ccccc4c3)nc(-c3ccc4c(oc5ccccc54)c3N(c3ccccc3)c3ccccc3)n2)cc1. The average molecular weight is 617 g/mol. The monoisotopic (exact) mass is 616 g/mol. The molecule has 0 spiro atoms. The van der Waals surface area contributed by atoms with Crippen LogP contribution in [0.3, 0.4) is 0 Å². The van der Waals surface area contributed by atoms with Gasteiger partial charge in [-0.1, -0.05) is 121 Å². The van der Waals surface area contributed by atoms with Crippen molar-refractivity contribution in [3.05, 3.63) is 170 Å². The van der Waals surface area contributed by atoms with Crippen LogP contribution in [0.2, 0.25) is 0 Å². The van der Waals surface area contributed by atoms with E-state index in [2.05, 4.69) is 114 Å². The van der Waals surface area contributed by atoms with Crippen molar-refractivity contribution in [2.45, 2.75) is 0 Å². The summed E-state index contributed by atoms with van der Waals surface area (Å²) in [6.45, 7) is 0. The molecule has 5 heteroatoms. The zero-order valence-electron chi connectivity index (χ0n) is 25.9. The largest absolute Gasteiger partial charge is 0.454 e. The van der Waals surface area contributed by atoms with E-state index in [1.54, 1.807) is 0 Å². The third-order valence-corrected chi connectivity index (χ3v) is 8.69. The summed E-state index contributed by atoms with van der Waals surface area (Å²) in [7, 11) is 0. The Morgan fingerprint density at radius 1 is 0.417 bits per heavy atom. The van der Waals surface area contributed by atoms with Crippen LogP contribution in [0, 0.1) is 0 Å². The van der Waals surface area contributed by atoms with E-state index in [9.17, 15) is 0 Å². The van der Waals surface area contributed by atoms with E-state index in [4.69, 9.17) is 19.4 Å². The van der Waals surface area contributed by atoms with Gasteiger partial charge in [0.25, 0.3) is 0 Å². The van der Waals surface area contributed by atoms with Crippen LogP contribution < -0.4 is 4.90 Å². The number of benzene rings is 7. The van der Waals surface area contributed by atoms with Gasteiger partial charge in [0.2, 0.25) is 0 Å². The maximum atomic E-state index is 6.73. The van der Waals surface area contributed by atoms with Crippen LogP contribution in [0.4, 0.5) is 17.1 Å². The molecular weight excluding hydrogens is 589 g/mol. The Morgan fingerprint density at radius 3 is 1.73 bits per heavy atom. The first-order valence-corrected chi connectivity index (χ1v) is 16.0. The Hall–Kier alpha value is -6.59. The highest BCUT2D eigenvalue weighted by Gasteiger charge is 2.26. The van der Waals surface area contributed by atoms with Crippen molar-refractivity contribution in [2.75, 3.05) is 4.90 Å². The maximum absolute atomic E-state index is 6.73. The normalized spacial score (nSPS) is 11.3.